The van der Waals surface area contributed by atoms with Gasteiger partial charge in [0.15, 0.2) is 22.8 Å². The van der Waals surface area contributed by atoms with Gasteiger partial charge in [-0.3, -0.25) is 32.3 Å². The van der Waals surface area contributed by atoms with Crippen molar-refractivity contribution in [3.8, 4) is 0 Å². The van der Waals surface area contributed by atoms with Crippen LogP contribution in [-0.4, -0.2) is 118 Å². The van der Waals surface area contributed by atoms with Gasteiger partial charge in [0.05, 0.1) is 27.4 Å². The summed E-state index contributed by atoms with van der Waals surface area (Å²) in [4.78, 5) is 95.2. The third-order valence-electron chi connectivity index (χ3n) is 7.21. The van der Waals surface area contributed by atoms with Crippen LogP contribution in [0.25, 0.3) is 11.2 Å². The van der Waals surface area contributed by atoms with Crippen molar-refractivity contribution in [1.82, 2.24) is 30.2 Å². The summed E-state index contributed by atoms with van der Waals surface area (Å²) in [6, 6.07) is 0. The van der Waals surface area contributed by atoms with Crippen LogP contribution >= 0.6 is 35.2 Å². The summed E-state index contributed by atoms with van der Waals surface area (Å²) in [5.74, 6) is -1.84. The highest BCUT2D eigenvalue weighted by Gasteiger charge is 2.47. The van der Waals surface area contributed by atoms with Crippen LogP contribution in [0.4, 0.5) is 5.82 Å². The highest BCUT2D eigenvalue weighted by Crippen LogP contribution is 2.56. The molecule has 31 heteroatoms. The number of fused-ring (bicyclic) bond motifs is 1. The van der Waals surface area contributed by atoms with Gasteiger partial charge in [-0.25, -0.2) is 19.3 Å². The zero-order chi connectivity index (χ0) is 41.4. The molecule has 8 unspecified atom stereocenters. The van der Waals surface area contributed by atoms with Crippen molar-refractivity contribution in [2.24, 2.45) is 5.41 Å². The third kappa shape index (κ3) is 14.8. The normalized spacial score (nSPS) is 22.4. The standard InChI is InChI=1S/C24H40N7O19P3S2/c1-24(2,19(35)22(36)27-5-3-14(32)26-6-7-54-15(33)4-8-55(44)45)10-47-53(42,43)50-52(40,41)46-9-13-18(49-51(37,38)39)17(34)23(48-13)31-12-30-16-20(25)28-11-29-21(16)31/h11-13,17-19,23,34-35H,3-10H2,1-2H3,(H,26,32)(H,27,36)(H,40,41)(H,42,43)(H,44,45)(H2,25,28,29)(H2,37,38,39)/p-5. The number of nitrogens with two attached hydrogens (primary N) is 1. The summed E-state index contributed by atoms with van der Waals surface area (Å²) in [6.45, 7) is -0.203. The van der Waals surface area contributed by atoms with Crippen molar-refractivity contribution in [2.75, 3.05) is 43.5 Å². The number of carbonyl (C=O) groups excluding carboxylic acids is 3. The van der Waals surface area contributed by atoms with Crippen molar-refractivity contribution < 1.29 is 89.2 Å². The van der Waals surface area contributed by atoms with Gasteiger partial charge in [0, 0.05) is 42.9 Å². The molecule has 0 bridgehead atoms. The summed E-state index contributed by atoms with van der Waals surface area (Å²) in [5, 5.41) is 25.6. The van der Waals surface area contributed by atoms with Gasteiger partial charge in [0.1, 0.15) is 36.3 Å². The minimum atomic E-state index is -5.93. The van der Waals surface area contributed by atoms with E-state index in [1.165, 1.54) is 13.8 Å². The van der Waals surface area contributed by atoms with Crippen molar-refractivity contribution in [3.05, 3.63) is 12.7 Å². The first-order valence-corrected chi connectivity index (χ1v) is 22.1. The fraction of sp³-hybridized carbons (Fsp3) is 0.667. The van der Waals surface area contributed by atoms with E-state index < -0.39 is 95.6 Å². The molecule has 3 heterocycles. The molecule has 55 heavy (non-hydrogen) atoms. The van der Waals surface area contributed by atoms with Crippen LogP contribution in [-0.2, 0) is 61.8 Å². The Labute approximate surface area is 318 Å². The van der Waals surface area contributed by atoms with Crippen LogP contribution < -0.4 is 35.9 Å². The lowest BCUT2D eigenvalue weighted by Crippen LogP contribution is -2.46. The van der Waals surface area contributed by atoms with E-state index in [0.29, 0.717) is 0 Å². The van der Waals surface area contributed by atoms with Crippen molar-refractivity contribution in [1.29, 1.82) is 0 Å². The lowest BCUT2D eigenvalue weighted by molar-refractivity contribution is -0.347. The first kappa shape index (κ1) is 47.0. The minimum absolute atomic E-state index is 0.0323. The number of nitrogens with one attached hydrogen (secondary N) is 2. The molecular weight excluding hydrogens is 847 g/mol. The highest BCUT2D eigenvalue weighted by atomic mass is 32.2. The van der Waals surface area contributed by atoms with Crippen molar-refractivity contribution in [3.63, 3.8) is 0 Å². The molecule has 1 saturated heterocycles. The van der Waals surface area contributed by atoms with Crippen LogP contribution in [0.5, 0.6) is 0 Å². The summed E-state index contributed by atoms with van der Waals surface area (Å²) in [6.07, 6.45) is -7.95. The second kappa shape index (κ2) is 19.9. The average molecular weight is 883 g/mol. The van der Waals surface area contributed by atoms with Gasteiger partial charge >= 0.3 is 0 Å². The first-order valence-electron chi connectivity index (χ1n) is 15.4. The molecular formula is C24H35N7O19P3S2-5. The summed E-state index contributed by atoms with van der Waals surface area (Å²) < 4.78 is 81.2. The fourth-order valence-corrected chi connectivity index (χ4v) is 8.41. The molecule has 1 aliphatic heterocycles. The van der Waals surface area contributed by atoms with E-state index in [1.54, 1.807) is 0 Å². The molecule has 0 saturated carbocycles. The fourth-order valence-electron chi connectivity index (χ4n) is 4.51. The van der Waals surface area contributed by atoms with E-state index in [-0.39, 0.29) is 59.5 Å². The molecule has 2 aromatic heterocycles. The molecule has 0 aromatic carbocycles. The lowest BCUT2D eigenvalue weighted by Gasteiger charge is -2.36. The molecule has 3 rings (SSSR count). The van der Waals surface area contributed by atoms with Gasteiger partial charge < -0.3 is 73.6 Å². The maximum atomic E-state index is 12.5. The Hall–Kier alpha value is -2.33. The number of aliphatic hydroxyl groups is 2. The van der Waals surface area contributed by atoms with Crippen LogP contribution in [0.15, 0.2) is 12.7 Å². The van der Waals surface area contributed by atoms with Crippen molar-refractivity contribution >= 4 is 80.2 Å². The molecule has 1 aliphatic rings. The number of phosphoric acid groups is 3. The van der Waals surface area contributed by atoms with E-state index >= 15 is 0 Å². The predicted molar refractivity (Wildman–Crippen MR) is 177 cm³/mol. The van der Waals surface area contributed by atoms with Gasteiger partial charge in [-0.2, -0.15) is 0 Å². The SMILES string of the molecule is CC(C)(COP(=O)([O-])OP(=O)([O-])OCC1OC(n2cnc3c(N)ncnc32)C(O)C1OP(=O)([O-])[O-])C(O)C(=O)NCCC(=O)NCCSC(=O)CCS(=O)[O-]. The number of imidazole rings is 1. The maximum Gasteiger partial charge on any atom is 0.274 e. The summed E-state index contributed by atoms with van der Waals surface area (Å²) >= 11 is -1.52. The average Bonchev–Trinajstić information content (AvgIpc) is 3.63. The predicted octanol–water partition coefficient (Wildman–Crippen LogP) is -4.59. The second-order valence-electron chi connectivity index (χ2n) is 12.0. The number of amides is 2. The molecule has 0 aliphatic carbocycles. The number of carbonyl (C=O) groups is 3. The highest BCUT2D eigenvalue weighted by molar-refractivity contribution is 8.13. The van der Waals surface area contributed by atoms with E-state index in [2.05, 4.69) is 43.5 Å². The quantitative estimate of drug-likeness (QED) is 0.0422. The summed E-state index contributed by atoms with van der Waals surface area (Å²) in [7, 11) is -17.6. The van der Waals surface area contributed by atoms with Gasteiger partial charge in [0.2, 0.25) is 11.8 Å². The Balaban J connectivity index is 1.49. The van der Waals surface area contributed by atoms with Crippen LogP contribution in [0.1, 0.15) is 32.9 Å². The molecule has 2 amide bonds. The molecule has 6 N–H and O–H groups in total. The largest absolute Gasteiger partial charge is 0.790 e. The van der Waals surface area contributed by atoms with E-state index in [4.69, 9.17) is 10.5 Å². The smallest absolute Gasteiger partial charge is 0.274 e. The number of hydrogen-bond acceptors (Lipinski definition) is 24. The van der Waals surface area contributed by atoms with Gasteiger partial charge in [-0.05, 0) is 0 Å². The zero-order valence-corrected chi connectivity index (χ0v) is 32.9. The molecule has 1 fully saturated rings. The minimum Gasteiger partial charge on any atom is -0.790 e. The maximum absolute atomic E-state index is 12.5. The zero-order valence-electron chi connectivity index (χ0n) is 28.6. The molecule has 8 atom stereocenters. The molecule has 312 valence electrons. The lowest BCUT2D eigenvalue weighted by atomic mass is 9.87. The van der Waals surface area contributed by atoms with E-state index in [9.17, 15) is 66.6 Å². The van der Waals surface area contributed by atoms with Gasteiger partial charge in [-0.1, -0.05) is 36.7 Å². The van der Waals surface area contributed by atoms with Crippen LogP contribution in [0.2, 0.25) is 0 Å². The van der Waals surface area contributed by atoms with E-state index in [0.717, 1.165) is 29.0 Å². The first-order chi connectivity index (χ1) is 25.4. The molecule has 2 aromatic rings. The monoisotopic (exact) mass is 882 g/mol. The third-order valence-corrected chi connectivity index (χ3v) is 11.7. The number of ether oxygens (including phenoxy) is 1. The Kier molecular flexibility index (Phi) is 17.0. The number of rotatable bonds is 22. The van der Waals surface area contributed by atoms with Crippen LogP contribution in [0.3, 0.4) is 0 Å². The number of thioether (sulfide) groups is 1. The number of anilines is 1. The van der Waals surface area contributed by atoms with Gasteiger partial charge in [-0.15, -0.1) is 0 Å². The van der Waals surface area contributed by atoms with Gasteiger partial charge in [0.25, 0.3) is 15.6 Å². The van der Waals surface area contributed by atoms with Crippen molar-refractivity contribution in [2.45, 2.75) is 57.3 Å². The number of phosphoric ester groups is 3. The number of hydrogen-bond donors (Lipinski definition) is 5. The number of nitrogens with zero attached hydrogens (tertiary/aromatic N) is 4. The van der Waals surface area contributed by atoms with E-state index in [1.807, 2.05) is 0 Å². The second-order valence-corrected chi connectivity index (χ2v) is 18.2. The Bertz CT molecular complexity index is 1850. The number of aliphatic hydroxyl groups excluding tert-OH is 2. The molecule has 0 spiro atoms. The molecule has 0 radical (unpaired) electrons. The Morgan fingerprint density at radius 1 is 1.09 bits per heavy atom. The number of aromatic nitrogens is 4. The Morgan fingerprint density at radius 2 is 1.76 bits per heavy atom. The molecule has 26 nitrogen and oxygen atoms in total. The number of nitrogen functional groups attached to an aromatic ring is 1. The van der Waals surface area contributed by atoms with Crippen LogP contribution in [0, 0.1) is 5.41 Å². The topological polar surface area (TPSA) is 415 Å². The Morgan fingerprint density at radius 3 is 2.42 bits per heavy atom. The summed E-state index contributed by atoms with van der Waals surface area (Å²) in [5.41, 5.74) is 4.00.